The Hall–Kier alpha value is -1.72. The average molecular weight is 301 g/mol. The monoisotopic (exact) mass is 301 g/mol. The molecule has 4 nitrogen and oxygen atoms in total. The predicted octanol–water partition coefficient (Wildman–Crippen LogP) is 3.06. The molecule has 1 aliphatic rings. The molecule has 0 spiro atoms. The van der Waals surface area contributed by atoms with Gasteiger partial charge in [-0.15, -0.1) is 11.3 Å². The molecule has 1 saturated heterocycles. The zero-order valence-electron chi connectivity index (χ0n) is 12.1. The Morgan fingerprint density at radius 2 is 2.19 bits per heavy atom. The number of anilines is 1. The number of nitrogens with one attached hydrogen (secondary N) is 2. The highest BCUT2D eigenvalue weighted by Gasteiger charge is 2.20. The van der Waals surface area contributed by atoms with E-state index in [2.05, 4.69) is 15.6 Å². The lowest BCUT2D eigenvalue weighted by molar-refractivity contribution is -0.120. The van der Waals surface area contributed by atoms with Crippen LogP contribution >= 0.6 is 11.3 Å². The van der Waals surface area contributed by atoms with Crippen molar-refractivity contribution in [3.8, 4) is 11.3 Å². The number of thiazole rings is 1. The number of aromatic nitrogens is 1. The van der Waals surface area contributed by atoms with E-state index in [4.69, 9.17) is 0 Å². The van der Waals surface area contributed by atoms with E-state index in [1.807, 2.05) is 36.6 Å². The van der Waals surface area contributed by atoms with E-state index in [1.165, 1.54) is 0 Å². The molecule has 1 amide bonds. The lowest BCUT2D eigenvalue weighted by atomic mass is 9.97. The normalized spacial score (nSPS) is 15.9. The van der Waals surface area contributed by atoms with E-state index in [9.17, 15) is 4.79 Å². The van der Waals surface area contributed by atoms with Gasteiger partial charge in [-0.3, -0.25) is 4.79 Å². The number of amides is 1. The molecular weight excluding hydrogens is 282 g/mol. The molecule has 1 aromatic carbocycles. The van der Waals surface area contributed by atoms with Gasteiger partial charge in [0.25, 0.3) is 0 Å². The van der Waals surface area contributed by atoms with E-state index < -0.39 is 0 Å². The van der Waals surface area contributed by atoms with Gasteiger partial charge in [0.15, 0.2) is 0 Å². The number of benzene rings is 1. The molecule has 110 valence electrons. The van der Waals surface area contributed by atoms with Crippen molar-refractivity contribution in [2.45, 2.75) is 19.8 Å². The van der Waals surface area contributed by atoms with Gasteiger partial charge < -0.3 is 10.6 Å². The minimum Gasteiger partial charge on any atom is -0.326 e. The van der Waals surface area contributed by atoms with Crippen molar-refractivity contribution >= 4 is 22.9 Å². The number of hydrogen-bond donors (Lipinski definition) is 2. The fraction of sp³-hybridized carbons (Fsp3) is 0.375. The molecule has 3 rings (SSSR count). The Morgan fingerprint density at radius 3 is 2.90 bits per heavy atom. The van der Waals surface area contributed by atoms with Crippen molar-refractivity contribution in [1.82, 2.24) is 10.3 Å². The second kappa shape index (κ2) is 6.37. The maximum absolute atomic E-state index is 12.3. The van der Waals surface area contributed by atoms with Gasteiger partial charge in [0.05, 0.1) is 10.7 Å². The summed E-state index contributed by atoms with van der Waals surface area (Å²) in [5, 5.41) is 9.41. The molecule has 2 aromatic rings. The second-order valence-electron chi connectivity index (χ2n) is 5.35. The minimum atomic E-state index is 0.122. The van der Waals surface area contributed by atoms with Crippen LogP contribution in [0.3, 0.4) is 0 Å². The Bertz CT molecular complexity index is 632. The van der Waals surface area contributed by atoms with Crippen molar-refractivity contribution in [3.63, 3.8) is 0 Å². The van der Waals surface area contributed by atoms with E-state index in [0.717, 1.165) is 47.9 Å². The summed E-state index contributed by atoms with van der Waals surface area (Å²) >= 11 is 1.64. The van der Waals surface area contributed by atoms with E-state index in [-0.39, 0.29) is 11.8 Å². The van der Waals surface area contributed by atoms with E-state index >= 15 is 0 Å². The molecule has 21 heavy (non-hydrogen) atoms. The summed E-state index contributed by atoms with van der Waals surface area (Å²) in [6.07, 6.45) is 1.83. The fourth-order valence-electron chi connectivity index (χ4n) is 2.58. The first-order valence-corrected chi connectivity index (χ1v) is 8.14. The average Bonchev–Trinajstić information content (AvgIpc) is 2.95. The Balaban J connectivity index is 1.72. The molecule has 0 saturated carbocycles. The van der Waals surface area contributed by atoms with Crippen LogP contribution in [-0.2, 0) is 4.79 Å². The maximum Gasteiger partial charge on any atom is 0.227 e. The molecule has 0 radical (unpaired) electrons. The molecule has 5 heteroatoms. The van der Waals surface area contributed by atoms with Crippen LogP contribution in [0.15, 0.2) is 29.6 Å². The molecule has 1 aliphatic heterocycles. The summed E-state index contributed by atoms with van der Waals surface area (Å²) < 4.78 is 0. The highest BCUT2D eigenvalue weighted by atomic mass is 32.1. The zero-order chi connectivity index (χ0) is 14.7. The highest BCUT2D eigenvalue weighted by molar-refractivity contribution is 7.09. The van der Waals surface area contributed by atoms with Crippen LogP contribution < -0.4 is 10.6 Å². The molecule has 1 fully saturated rings. The van der Waals surface area contributed by atoms with Gasteiger partial charge in [0.1, 0.15) is 0 Å². The maximum atomic E-state index is 12.3. The van der Waals surface area contributed by atoms with Gasteiger partial charge in [-0.05, 0) is 45.0 Å². The lowest BCUT2D eigenvalue weighted by Gasteiger charge is -2.21. The number of aryl methyl sites for hydroxylation is 1. The number of nitrogens with zero attached hydrogens (tertiary/aromatic N) is 1. The van der Waals surface area contributed by atoms with Crippen LogP contribution in [-0.4, -0.2) is 24.0 Å². The summed E-state index contributed by atoms with van der Waals surface area (Å²) in [5.41, 5.74) is 2.86. The first kappa shape index (κ1) is 14.2. The van der Waals surface area contributed by atoms with Gasteiger partial charge >= 0.3 is 0 Å². The van der Waals surface area contributed by atoms with E-state index in [0.29, 0.717) is 0 Å². The van der Waals surface area contributed by atoms with Gasteiger partial charge in [-0.2, -0.15) is 0 Å². The third-order valence-electron chi connectivity index (χ3n) is 3.75. The summed E-state index contributed by atoms with van der Waals surface area (Å²) in [7, 11) is 0. The smallest absolute Gasteiger partial charge is 0.227 e. The number of piperidine rings is 1. The van der Waals surface area contributed by atoms with Crippen LogP contribution in [0.1, 0.15) is 17.8 Å². The summed E-state index contributed by atoms with van der Waals surface area (Å²) in [6, 6.07) is 7.91. The molecule has 2 N–H and O–H groups in total. The van der Waals surface area contributed by atoms with Crippen LogP contribution in [0, 0.1) is 12.8 Å². The highest BCUT2D eigenvalue weighted by Crippen LogP contribution is 2.24. The van der Waals surface area contributed by atoms with Crippen LogP contribution in [0.4, 0.5) is 5.69 Å². The third kappa shape index (κ3) is 3.49. The predicted molar refractivity (Wildman–Crippen MR) is 86.5 cm³/mol. The Morgan fingerprint density at radius 1 is 1.38 bits per heavy atom. The molecule has 0 atom stereocenters. The topological polar surface area (TPSA) is 54.0 Å². The van der Waals surface area contributed by atoms with Crippen molar-refractivity contribution in [2.24, 2.45) is 5.92 Å². The van der Waals surface area contributed by atoms with Crippen molar-refractivity contribution in [3.05, 3.63) is 34.7 Å². The number of carbonyl (C=O) groups excluding carboxylic acids is 1. The summed E-state index contributed by atoms with van der Waals surface area (Å²) in [4.78, 5) is 16.8. The van der Waals surface area contributed by atoms with Gasteiger partial charge in [-0.25, -0.2) is 4.98 Å². The largest absolute Gasteiger partial charge is 0.326 e. The van der Waals surface area contributed by atoms with Gasteiger partial charge in [0.2, 0.25) is 5.91 Å². The van der Waals surface area contributed by atoms with Gasteiger partial charge in [-0.1, -0.05) is 12.1 Å². The van der Waals surface area contributed by atoms with E-state index in [1.54, 1.807) is 11.3 Å². The van der Waals surface area contributed by atoms with Crippen molar-refractivity contribution in [1.29, 1.82) is 0 Å². The van der Waals surface area contributed by atoms with Crippen LogP contribution in [0.2, 0.25) is 0 Å². The second-order valence-corrected chi connectivity index (χ2v) is 6.41. The molecule has 0 bridgehead atoms. The lowest BCUT2D eigenvalue weighted by Crippen LogP contribution is -2.34. The number of rotatable bonds is 3. The number of hydrogen-bond acceptors (Lipinski definition) is 4. The first-order valence-electron chi connectivity index (χ1n) is 7.26. The molecule has 1 aromatic heterocycles. The minimum absolute atomic E-state index is 0.122. The molecular formula is C16H19N3OS. The summed E-state index contributed by atoms with van der Waals surface area (Å²) in [5.74, 6) is 0.250. The van der Waals surface area contributed by atoms with Crippen molar-refractivity contribution < 1.29 is 4.79 Å². The summed E-state index contributed by atoms with van der Waals surface area (Å²) in [6.45, 7) is 3.85. The molecule has 0 aliphatic carbocycles. The molecule has 2 heterocycles. The van der Waals surface area contributed by atoms with Crippen LogP contribution in [0.5, 0.6) is 0 Å². The third-order valence-corrected chi connectivity index (χ3v) is 4.53. The number of carbonyl (C=O) groups is 1. The van der Waals surface area contributed by atoms with Crippen LogP contribution in [0.25, 0.3) is 11.3 Å². The fourth-order valence-corrected chi connectivity index (χ4v) is 3.20. The SMILES string of the molecule is Cc1nc(-c2cccc(NC(=O)C3CCNCC3)c2)cs1. The standard InChI is InChI=1S/C16H19N3OS/c1-11-18-15(10-21-11)13-3-2-4-14(9-13)19-16(20)12-5-7-17-8-6-12/h2-4,9-10,12,17H,5-8H2,1H3,(H,19,20). The van der Waals surface area contributed by atoms with Gasteiger partial charge in [0, 0.05) is 22.5 Å². The Kier molecular flexibility index (Phi) is 4.31. The first-order chi connectivity index (χ1) is 10.2. The zero-order valence-corrected chi connectivity index (χ0v) is 12.9. The van der Waals surface area contributed by atoms with Crippen molar-refractivity contribution in [2.75, 3.05) is 18.4 Å². The Labute approximate surface area is 128 Å². The molecule has 0 unspecified atom stereocenters. The quantitative estimate of drug-likeness (QED) is 0.916.